The highest BCUT2D eigenvalue weighted by Crippen LogP contribution is 2.16. The van der Waals surface area contributed by atoms with Gasteiger partial charge >= 0.3 is 6.09 Å². The number of H-pyrrole nitrogens is 1. The van der Waals surface area contributed by atoms with Crippen LogP contribution in [0.3, 0.4) is 0 Å². The fourth-order valence-electron chi connectivity index (χ4n) is 5.06. The Hall–Kier alpha value is -6.22. The summed E-state index contributed by atoms with van der Waals surface area (Å²) >= 11 is 0. The average Bonchev–Trinajstić information content (AvgIpc) is 3.66. The summed E-state index contributed by atoms with van der Waals surface area (Å²) in [5.74, 6) is -2.29. The highest BCUT2D eigenvalue weighted by atomic mass is 16.6. The molecule has 0 aliphatic rings. The summed E-state index contributed by atoms with van der Waals surface area (Å²) in [4.78, 5) is 71.8. The Morgan fingerprint density at radius 2 is 1.39 bits per heavy atom. The van der Waals surface area contributed by atoms with Gasteiger partial charge < -0.3 is 46.2 Å². The second kappa shape index (κ2) is 20.1. The van der Waals surface area contributed by atoms with Crippen LogP contribution >= 0.6 is 0 Å². The summed E-state index contributed by atoms with van der Waals surface area (Å²) in [6.07, 6.45) is 2.15. The average molecular weight is 742 g/mol. The first-order valence-corrected chi connectivity index (χ1v) is 17.4. The van der Waals surface area contributed by atoms with E-state index >= 15 is 0 Å². The third-order valence-electron chi connectivity index (χ3n) is 7.73. The Kier molecular flexibility index (Phi) is 15.1. The van der Waals surface area contributed by atoms with Gasteiger partial charge in [-0.2, -0.15) is 0 Å². The standard InChI is InChI=1S/C39H47N7O8/c1-39(2,3)54-38(51)46-33(24-52-22-27-10-6-4-7-11-27)37(50)45-32(18-26-14-16-30(17-15-26)53-23-28-12-8-5-9-13-28)36(49)42-21-34(47)44-31(35(40)48)19-29-20-41-25-43-29/h4-17,20,25,31-33H,18-19,21-24H2,1-3H3,(H2,40,48)(H,41,43)(H,42,49)(H,44,47)(H,45,50)(H,46,51)/t31-,32-,33+/m0/s1. The number of primary amides is 1. The maximum absolute atomic E-state index is 13.8. The van der Waals surface area contributed by atoms with Gasteiger partial charge in [-0.05, 0) is 49.6 Å². The zero-order chi connectivity index (χ0) is 38.9. The van der Waals surface area contributed by atoms with Crippen molar-refractivity contribution in [3.63, 3.8) is 0 Å². The van der Waals surface area contributed by atoms with E-state index in [2.05, 4.69) is 31.2 Å². The number of benzene rings is 3. The molecule has 0 radical (unpaired) electrons. The van der Waals surface area contributed by atoms with Gasteiger partial charge in [0.15, 0.2) is 0 Å². The topological polar surface area (TPSA) is 216 Å². The number of rotatable bonds is 19. The molecule has 0 fully saturated rings. The van der Waals surface area contributed by atoms with Crippen molar-refractivity contribution in [3.05, 3.63) is 120 Å². The molecule has 3 atom stereocenters. The zero-order valence-corrected chi connectivity index (χ0v) is 30.5. The molecule has 0 aliphatic carbocycles. The van der Waals surface area contributed by atoms with E-state index < -0.39 is 60.0 Å². The number of alkyl carbamates (subject to hydrolysis) is 1. The Balaban J connectivity index is 1.47. The van der Waals surface area contributed by atoms with E-state index in [9.17, 15) is 24.0 Å². The number of ether oxygens (including phenoxy) is 3. The summed E-state index contributed by atoms with van der Waals surface area (Å²) in [5, 5.41) is 10.3. The van der Waals surface area contributed by atoms with Gasteiger partial charge in [0.1, 0.15) is 36.1 Å². The van der Waals surface area contributed by atoms with E-state index in [1.165, 1.54) is 12.5 Å². The van der Waals surface area contributed by atoms with Crippen LogP contribution in [-0.4, -0.2) is 76.6 Å². The first-order valence-electron chi connectivity index (χ1n) is 17.4. The number of hydrogen-bond acceptors (Lipinski definition) is 9. The predicted molar refractivity (Wildman–Crippen MR) is 199 cm³/mol. The van der Waals surface area contributed by atoms with Crippen molar-refractivity contribution >= 4 is 29.7 Å². The summed E-state index contributed by atoms with van der Waals surface area (Å²) in [5.41, 5.74) is 7.73. The highest BCUT2D eigenvalue weighted by molar-refractivity contribution is 5.94. The Morgan fingerprint density at radius 3 is 1.98 bits per heavy atom. The lowest BCUT2D eigenvalue weighted by atomic mass is 10.0. The zero-order valence-electron chi connectivity index (χ0n) is 30.5. The van der Waals surface area contributed by atoms with Crippen LogP contribution in [0.4, 0.5) is 4.79 Å². The van der Waals surface area contributed by atoms with Crippen LogP contribution in [0.5, 0.6) is 5.75 Å². The number of nitrogens with two attached hydrogens (primary N) is 1. The van der Waals surface area contributed by atoms with E-state index in [-0.39, 0.29) is 26.1 Å². The first kappa shape index (κ1) is 40.5. The minimum absolute atomic E-state index is 0.00588. The van der Waals surface area contributed by atoms with Crippen molar-refractivity contribution < 1.29 is 38.2 Å². The number of hydrogen-bond donors (Lipinski definition) is 6. The Bertz CT molecular complexity index is 1800. The van der Waals surface area contributed by atoms with Gasteiger partial charge in [0.05, 0.1) is 26.1 Å². The minimum Gasteiger partial charge on any atom is -0.489 e. The molecular formula is C39H47N7O8. The maximum atomic E-state index is 13.8. The van der Waals surface area contributed by atoms with E-state index in [4.69, 9.17) is 19.9 Å². The molecule has 0 spiro atoms. The summed E-state index contributed by atoms with van der Waals surface area (Å²) in [6.45, 7) is 4.81. The molecular weight excluding hydrogens is 694 g/mol. The number of imidazole rings is 1. The van der Waals surface area contributed by atoms with Gasteiger partial charge in [0, 0.05) is 24.7 Å². The molecule has 5 amide bonds. The first-order chi connectivity index (χ1) is 25.8. The molecule has 0 unspecified atom stereocenters. The van der Waals surface area contributed by atoms with E-state index in [0.717, 1.165) is 11.1 Å². The Morgan fingerprint density at radius 1 is 0.741 bits per heavy atom. The largest absolute Gasteiger partial charge is 0.489 e. The summed E-state index contributed by atoms with van der Waals surface area (Å²) < 4.78 is 17.1. The lowest BCUT2D eigenvalue weighted by molar-refractivity contribution is -0.132. The van der Waals surface area contributed by atoms with E-state index in [1.807, 2.05) is 60.7 Å². The number of aromatic nitrogens is 2. The number of aromatic amines is 1. The van der Waals surface area contributed by atoms with Gasteiger partial charge in [-0.15, -0.1) is 0 Å². The number of nitrogens with one attached hydrogen (secondary N) is 5. The van der Waals surface area contributed by atoms with E-state index in [1.54, 1.807) is 45.0 Å². The van der Waals surface area contributed by atoms with Crippen molar-refractivity contribution in [3.8, 4) is 5.75 Å². The van der Waals surface area contributed by atoms with Crippen LogP contribution in [0.15, 0.2) is 97.5 Å². The molecule has 54 heavy (non-hydrogen) atoms. The van der Waals surface area contributed by atoms with Crippen LogP contribution < -0.4 is 31.7 Å². The van der Waals surface area contributed by atoms with Crippen molar-refractivity contribution in [2.45, 2.75) is 70.6 Å². The van der Waals surface area contributed by atoms with Crippen LogP contribution in [0.1, 0.15) is 43.2 Å². The molecule has 15 nitrogen and oxygen atoms in total. The minimum atomic E-state index is -1.25. The molecule has 15 heteroatoms. The SMILES string of the molecule is CC(C)(C)OC(=O)N[C@H](COCc1ccccc1)C(=O)N[C@@H](Cc1ccc(OCc2ccccc2)cc1)C(=O)NCC(=O)N[C@@H](Cc1cnc[nH]1)C(N)=O. The molecule has 4 rings (SSSR count). The molecule has 7 N–H and O–H groups in total. The second-order valence-electron chi connectivity index (χ2n) is 13.4. The number of carbonyl (C=O) groups excluding carboxylic acids is 5. The molecule has 1 heterocycles. The summed E-state index contributed by atoms with van der Waals surface area (Å²) in [7, 11) is 0. The van der Waals surface area contributed by atoms with Crippen LogP contribution in [-0.2, 0) is 54.7 Å². The predicted octanol–water partition coefficient (Wildman–Crippen LogP) is 2.46. The third kappa shape index (κ3) is 14.4. The maximum Gasteiger partial charge on any atom is 0.408 e. The summed E-state index contributed by atoms with van der Waals surface area (Å²) in [6, 6.07) is 22.4. The second-order valence-corrected chi connectivity index (χ2v) is 13.4. The normalized spacial score (nSPS) is 12.7. The third-order valence-corrected chi connectivity index (χ3v) is 7.73. The molecule has 286 valence electrons. The van der Waals surface area contributed by atoms with Crippen LogP contribution in [0.2, 0.25) is 0 Å². The number of carbonyl (C=O) groups is 5. The quantitative estimate of drug-likeness (QED) is 0.0831. The van der Waals surface area contributed by atoms with Gasteiger partial charge in [-0.1, -0.05) is 72.8 Å². The molecule has 0 bridgehead atoms. The highest BCUT2D eigenvalue weighted by Gasteiger charge is 2.30. The van der Waals surface area contributed by atoms with Gasteiger partial charge in [0.2, 0.25) is 23.6 Å². The molecule has 0 aliphatic heterocycles. The number of amides is 5. The van der Waals surface area contributed by atoms with Crippen molar-refractivity contribution in [1.29, 1.82) is 0 Å². The smallest absolute Gasteiger partial charge is 0.408 e. The fraction of sp³-hybridized carbons (Fsp3) is 0.333. The molecule has 0 saturated heterocycles. The molecule has 3 aromatic carbocycles. The molecule has 0 saturated carbocycles. The van der Waals surface area contributed by atoms with Crippen LogP contribution in [0, 0.1) is 0 Å². The van der Waals surface area contributed by atoms with Crippen molar-refractivity contribution in [1.82, 2.24) is 31.2 Å². The monoisotopic (exact) mass is 741 g/mol. The van der Waals surface area contributed by atoms with Gasteiger partial charge in [-0.3, -0.25) is 19.2 Å². The fourth-order valence-corrected chi connectivity index (χ4v) is 5.06. The lowest BCUT2D eigenvalue weighted by Crippen LogP contribution is -2.57. The number of nitrogens with zero attached hydrogens (tertiary/aromatic N) is 1. The van der Waals surface area contributed by atoms with E-state index in [0.29, 0.717) is 23.6 Å². The molecule has 1 aromatic heterocycles. The molecule has 4 aromatic rings. The lowest BCUT2D eigenvalue weighted by Gasteiger charge is -2.25. The van der Waals surface area contributed by atoms with Crippen molar-refractivity contribution in [2.24, 2.45) is 5.73 Å². The van der Waals surface area contributed by atoms with Gasteiger partial charge in [0.25, 0.3) is 0 Å². The van der Waals surface area contributed by atoms with Gasteiger partial charge in [-0.25, -0.2) is 9.78 Å². The van der Waals surface area contributed by atoms with Crippen LogP contribution in [0.25, 0.3) is 0 Å². The van der Waals surface area contributed by atoms with Crippen molar-refractivity contribution in [2.75, 3.05) is 13.2 Å². The Labute approximate surface area is 313 Å².